The molecule has 0 aromatic carbocycles. The van der Waals surface area contributed by atoms with E-state index in [9.17, 15) is 0 Å². The van der Waals surface area contributed by atoms with Crippen molar-refractivity contribution in [1.82, 2.24) is 4.98 Å². The molecular formula is C9H8ClN3S. The van der Waals surface area contributed by atoms with Crippen LogP contribution in [0.25, 0.3) is 10.4 Å². The van der Waals surface area contributed by atoms with Crippen LogP contribution in [0.4, 0.5) is 11.4 Å². The van der Waals surface area contributed by atoms with Gasteiger partial charge in [-0.05, 0) is 12.1 Å². The summed E-state index contributed by atoms with van der Waals surface area (Å²) in [6.07, 6.45) is 3.22. The number of pyridine rings is 1. The number of hydrogen-bond acceptors (Lipinski definition) is 4. The predicted octanol–water partition coefficient (Wildman–Crippen LogP) is 2.63. The van der Waals surface area contributed by atoms with Gasteiger partial charge in [-0.2, -0.15) is 0 Å². The highest BCUT2D eigenvalue weighted by molar-refractivity contribution is 7.19. The molecule has 4 N–H and O–H groups in total. The molecule has 0 aliphatic heterocycles. The fraction of sp³-hybridized carbons (Fsp3) is 0. The number of nitrogens with zero attached hydrogens (tertiary/aromatic N) is 1. The highest BCUT2D eigenvalue weighted by Crippen LogP contribution is 2.35. The third-order valence-corrected chi connectivity index (χ3v) is 3.12. The topological polar surface area (TPSA) is 64.9 Å². The van der Waals surface area contributed by atoms with Crippen molar-refractivity contribution in [3.8, 4) is 10.4 Å². The number of halogens is 1. The van der Waals surface area contributed by atoms with Gasteiger partial charge < -0.3 is 11.5 Å². The van der Waals surface area contributed by atoms with E-state index in [-0.39, 0.29) is 0 Å². The first-order valence-corrected chi connectivity index (χ1v) is 5.12. The van der Waals surface area contributed by atoms with Gasteiger partial charge in [0.05, 0.1) is 21.9 Å². The normalized spacial score (nSPS) is 10.4. The molecule has 5 heteroatoms. The van der Waals surface area contributed by atoms with Crippen molar-refractivity contribution in [3.63, 3.8) is 0 Å². The number of thiophene rings is 1. The summed E-state index contributed by atoms with van der Waals surface area (Å²) in [7, 11) is 0. The average Bonchev–Trinajstić information content (AvgIpc) is 2.57. The molecule has 0 unspecified atom stereocenters. The van der Waals surface area contributed by atoms with Gasteiger partial charge in [0.2, 0.25) is 0 Å². The standard InChI is InChI=1S/C9H8ClN3S/c10-8-2-1-7(14-8)5-3-13-4-6(11)9(5)12/h1-4H,11H2,(H2,12,13). The predicted molar refractivity (Wildman–Crippen MR) is 61.4 cm³/mol. The molecule has 72 valence electrons. The number of nitrogens with two attached hydrogens (primary N) is 2. The highest BCUT2D eigenvalue weighted by atomic mass is 35.5. The van der Waals surface area contributed by atoms with E-state index < -0.39 is 0 Å². The maximum atomic E-state index is 5.83. The molecule has 2 heterocycles. The third-order valence-electron chi connectivity index (χ3n) is 1.86. The first kappa shape index (κ1) is 9.30. The molecule has 0 saturated heterocycles. The second-order valence-electron chi connectivity index (χ2n) is 2.79. The summed E-state index contributed by atoms with van der Waals surface area (Å²) in [5, 5.41) is 0. The first-order valence-electron chi connectivity index (χ1n) is 3.93. The van der Waals surface area contributed by atoms with Gasteiger partial charge in [-0.15, -0.1) is 11.3 Å². The fourth-order valence-corrected chi connectivity index (χ4v) is 2.21. The number of rotatable bonds is 1. The molecule has 2 aromatic heterocycles. The lowest BCUT2D eigenvalue weighted by Gasteiger charge is -2.04. The van der Waals surface area contributed by atoms with Crippen LogP contribution in [0, 0.1) is 0 Å². The van der Waals surface area contributed by atoms with Crippen molar-refractivity contribution < 1.29 is 0 Å². The molecule has 0 atom stereocenters. The number of aromatic nitrogens is 1. The number of nitrogen functional groups attached to an aromatic ring is 2. The molecule has 0 spiro atoms. The minimum atomic E-state index is 0.493. The van der Waals surface area contributed by atoms with Crippen molar-refractivity contribution in [2.45, 2.75) is 0 Å². The molecule has 0 radical (unpaired) electrons. The molecule has 2 rings (SSSR count). The van der Waals surface area contributed by atoms with Gasteiger partial charge in [0.25, 0.3) is 0 Å². The molecule has 2 aromatic rings. The lowest BCUT2D eigenvalue weighted by Crippen LogP contribution is -1.97. The zero-order valence-electron chi connectivity index (χ0n) is 7.20. The molecule has 3 nitrogen and oxygen atoms in total. The summed E-state index contributed by atoms with van der Waals surface area (Å²) in [5.41, 5.74) is 13.4. The van der Waals surface area contributed by atoms with Gasteiger partial charge in [-0.3, -0.25) is 4.98 Å². The smallest absolute Gasteiger partial charge is 0.0934 e. The van der Waals surface area contributed by atoms with E-state index >= 15 is 0 Å². The Morgan fingerprint density at radius 3 is 2.64 bits per heavy atom. The van der Waals surface area contributed by atoms with E-state index in [0.29, 0.717) is 11.4 Å². The van der Waals surface area contributed by atoms with E-state index in [0.717, 1.165) is 14.8 Å². The van der Waals surface area contributed by atoms with Crippen LogP contribution < -0.4 is 11.5 Å². The number of anilines is 2. The van der Waals surface area contributed by atoms with Crippen LogP contribution >= 0.6 is 22.9 Å². The summed E-state index contributed by atoms with van der Waals surface area (Å²) in [5.74, 6) is 0. The molecule has 14 heavy (non-hydrogen) atoms. The summed E-state index contributed by atoms with van der Waals surface area (Å²) in [4.78, 5) is 4.97. The Morgan fingerprint density at radius 1 is 1.21 bits per heavy atom. The fourth-order valence-electron chi connectivity index (χ4n) is 1.14. The summed E-state index contributed by atoms with van der Waals surface area (Å²) in [6, 6.07) is 3.73. The summed E-state index contributed by atoms with van der Waals surface area (Å²) >= 11 is 7.28. The van der Waals surface area contributed by atoms with E-state index in [1.165, 1.54) is 17.5 Å². The van der Waals surface area contributed by atoms with Crippen molar-refractivity contribution in [3.05, 3.63) is 28.9 Å². The molecular weight excluding hydrogens is 218 g/mol. The SMILES string of the molecule is Nc1cncc(-c2ccc(Cl)s2)c1N. The maximum absolute atomic E-state index is 5.83. The first-order chi connectivity index (χ1) is 6.68. The lowest BCUT2D eigenvalue weighted by atomic mass is 10.2. The highest BCUT2D eigenvalue weighted by Gasteiger charge is 2.07. The summed E-state index contributed by atoms with van der Waals surface area (Å²) in [6.45, 7) is 0. The van der Waals surface area contributed by atoms with Crippen LogP contribution in [0.15, 0.2) is 24.5 Å². The Balaban J connectivity index is 2.57. The van der Waals surface area contributed by atoms with Gasteiger partial charge in [-0.1, -0.05) is 11.6 Å². The summed E-state index contributed by atoms with van der Waals surface area (Å²) < 4.78 is 0.724. The maximum Gasteiger partial charge on any atom is 0.0934 e. The zero-order valence-corrected chi connectivity index (χ0v) is 8.77. The second-order valence-corrected chi connectivity index (χ2v) is 4.51. The molecule has 0 aliphatic rings. The number of hydrogen-bond donors (Lipinski definition) is 2. The van der Waals surface area contributed by atoms with Crippen LogP contribution in [0.5, 0.6) is 0 Å². The van der Waals surface area contributed by atoms with Crippen molar-refractivity contribution in [1.29, 1.82) is 0 Å². The van der Waals surface area contributed by atoms with Gasteiger partial charge >= 0.3 is 0 Å². The molecule has 0 saturated carbocycles. The molecule has 0 aliphatic carbocycles. The monoisotopic (exact) mass is 225 g/mol. The molecule has 0 amide bonds. The minimum absolute atomic E-state index is 0.493. The van der Waals surface area contributed by atoms with Gasteiger partial charge in [0.15, 0.2) is 0 Å². The Bertz CT molecular complexity index is 467. The average molecular weight is 226 g/mol. The van der Waals surface area contributed by atoms with E-state index in [1.807, 2.05) is 12.1 Å². The van der Waals surface area contributed by atoms with E-state index in [1.54, 1.807) is 6.20 Å². The van der Waals surface area contributed by atoms with E-state index in [4.69, 9.17) is 23.1 Å². The Morgan fingerprint density at radius 2 is 2.00 bits per heavy atom. The van der Waals surface area contributed by atoms with Gasteiger partial charge in [-0.25, -0.2) is 0 Å². The van der Waals surface area contributed by atoms with Crippen LogP contribution in [0.1, 0.15) is 0 Å². The largest absolute Gasteiger partial charge is 0.396 e. The Hall–Kier alpha value is -1.26. The van der Waals surface area contributed by atoms with Gasteiger partial charge in [0.1, 0.15) is 0 Å². The van der Waals surface area contributed by atoms with Crippen molar-refractivity contribution in [2.24, 2.45) is 0 Å². The second kappa shape index (κ2) is 3.48. The quantitative estimate of drug-likeness (QED) is 0.784. The van der Waals surface area contributed by atoms with Crippen molar-refractivity contribution in [2.75, 3.05) is 11.5 Å². The molecule has 0 fully saturated rings. The van der Waals surface area contributed by atoms with Crippen LogP contribution in [-0.2, 0) is 0 Å². The zero-order chi connectivity index (χ0) is 10.1. The third kappa shape index (κ3) is 1.54. The minimum Gasteiger partial charge on any atom is -0.396 e. The van der Waals surface area contributed by atoms with Crippen LogP contribution in [-0.4, -0.2) is 4.98 Å². The Kier molecular flexibility index (Phi) is 2.31. The Labute approximate surface area is 90.3 Å². The van der Waals surface area contributed by atoms with E-state index in [2.05, 4.69) is 4.98 Å². The van der Waals surface area contributed by atoms with Crippen molar-refractivity contribution >= 4 is 34.3 Å². The van der Waals surface area contributed by atoms with Gasteiger partial charge in [0, 0.05) is 16.6 Å². The van der Waals surface area contributed by atoms with Crippen LogP contribution in [0.3, 0.4) is 0 Å². The van der Waals surface area contributed by atoms with Crippen LogP contribution in [0.2, 0.25) is 4.34 Å². The lowest BCUT2D eigenvalue weighted by molar-refractivity contribution is 1.34. The molecule has 0 bridgehead atoms.